The number of nitrogens with two attached hydrogens (primary N) is 1. The predicted molar refractivity (Wildman–Crippen MR) is 90.2 cm³/mol. The molecule has 1 aliphatic heterocycles. The van der Waals surface area contributed by atoms with Crippen LogP contribution in [0.2, 0.25) is 0 Å². The zero-order valence-corrected chi connectivity index (χ0v) is 14.5. The van der Waals surface area contributed by atoms with Crippen molar-refractivity contribution in [2.24, 2.45) is 0 Å². The normalized spacial score (nSPS) is 16.4. The molecule has 3 heterocycles. The minimum Gasteiger partial charge on any atom is -0.396 e. The van der Waals surface area contributed by atoms with Crippen molar-refractivity contribution in [3.05, 3.63) is 24.0 Å². The Bertz CT molecular complexity index is 917. The van der Waals surface area contributed by atoms with Crippen LogP contribution >= 0.6 is 0 Å². The number of amidine groups is 1. The van der Waals surface area contributed by atoms with Crippen molar-refractivity contribution in [2.75, 3.05) is 30.7 Å². The number of nitrogen functional groups attached to an aromatic ring is 1. The van der Waals surface area contributed by atoms with Gasteiger partial charge in [0.15, 0.2) is 5.60 Å². The van der Waals surface area contributed by atoms with Gasteiger partial charge in [-0.15, -0.1) is 0 Å². The summed E-state index contributed by atoms with van der Waals surface area (Å²) >= 11 is 0. The first-order valence-electron chi connectivity index (χ1n) is 8.03. The second-order valence-corrected chi connectivity index (χ2v) is 6.52. The molecule has 1 saturated heterocycles. The highest BCUT2D eigenvalue weighted by Crippen LogP contribution is 2.39. The molecule has 0 unspecified atom stereocenters. The third-order valence-electron chi connectivity index (χ3n) is 4.31. The molecule has 1 fully saturated rings. The van der Waals surface area contributed by atoms with Gasteiger partial charge >= 0.3 is 12.4 Å². The number of likely N-dealkylation sites (tertiary alicyclic amines) is 1. The molecule has 2 aromatic rings. The fourth-order valence-electron chi connectivity index (χ4n) is 2.72. The number of alkyl halides is 6. The minimum atomic E-state index is -4.89. The number of aliphatic hydroxyl groups is 1. The van der Waals surface area contributed by atoms with Gasteiger partial charge in [0.05, 0.1) is 36.2 Å². The molecular weight excluding hydrogens is 408 g/mol. The van der Waals surface area contributed by atoms with Gasteiger partial charge in [0, 0.05) is 11.9 Å². The van der Waals surface area contributed by atoms with Crippen molar-refractivity contribution >= 4 is 17.2 Å². The maximum Gasteiger partial charge on any atom is 0.420 e. The number of H-pyrrole nitrogens is 1. The first kappa shape index (κ1) is 20.7. The van der Waals surface area contributed by atoms with Crippen LogP contribution < -0.4 is 11.1 Å². The molecule has 0 aliphatic carbocycles. The average molecular weight is 423 g/mol. The highest BCUT2D eigenvalue weighted by molar-refractivity contribution is 6.02. The van der Waals surface area contributed by atoms with Crippen molar-refractivity contribution in [3.8, 4) is 11.4 Å². The van der Waals surface area contributed by atoms with Gasteiger partial charge in [-0.2, -0.15) is 31.4 Å². The SMILES string of the molecule is N=C(c1cnc(-c2[nH]ncc2N)cc1NCC(F)(F)F)N1CC(O)(C(F)(F)F)C1. The Morgan fingerprint density at radius 1 is 1.28 bits per heavy atom. The summed E-state index contributed by atoms with van der Waals surface area (Å²) < 4.78 is 76.3. The molecule has 158 valence electrons. The Kier molecular flexibility index (Phi) is 4.85. The number of pyridine rings is 1. The van der Waals surface area contributed by atoms with Gasteiger partial charge in [0.2, 0.25) is 0 Å². The molecule has 0 spiro atoms. The molecule has 3 rings (SSSR count). The van der Waals surface area contributed by atoms with E-state index in [1.807, 2.05) is 0 Å². The second kappa shape index (κ2) is 6.79. The summed E-state index contributed by atoms with van der Waals surface area (Å²) in [6.07, 6.45) is -7.15. The lowest BCUT2D eigenvalue weighted by Crippen LogP contribution is -2.70. The number of β-amino-alcohol motifs (C(OH)–C–C–N with tert-alkyl or cyclic N) is 1. The molecule has 0 atom stereocenters. The molecule has 1 aliphatic rings. The van der Waals surface area contributed by atoms with Gasteiger partial charge in [-0.1, -0.05) is 0 Å². The highest BCUT2D eigenvalue weighted by atomic mass is 19.4. The van der Waals surface area contributed by atoms with Crippen LogP contribution in [0.25, 0.3) is 11.4 Å². The molecule has 14 heteroatoms. The van der Waals surface area contributed by atoms with E-state index >= 15 is 0 Å². The molecule has 6 N–H and O–H groups in total. The number of nitrogens with zero attached hydrogens (tertiary/aromatic N) is 3. The highest BCUT2D eigenvalue weighted by Gasteiger charge is 2.61. The first-order chi connectivity index (χ1) is 13.3. The monoisotopic (exact) mass is 423 g/mol. The number of aromatic amines is 1. The van der Waals surface area contributed by atoms with Crippen molar-refractivity contribution in [1.29, 1.82) is 5.41 Å². The van der Waals surface area contributed by atoms with Gasteiger partial charge in [0.1, 0.15) is 18.1 Å². The summed E-state index contributed by atoms with van der Waals surface area (Å²) in [5.74, 6) is -0.514. The number of halogens is 6. The van der Waals surface area contributed by atoms with Crippen LogP contribution in [0.1, 0.15) is 5.56 Å². The van der Waals surface area contributed by atoms with Crippen molar-refractivity contribution in [1.82, 2.24) is 20.1 Å². The quantitative estimate of drug-likeness (QED) is 0.291. The van der Waals surface area contributed by atoms with Crippen LogP contribution in [-0.2, 0) is 0 Å². The number of nitrogens with one attached hydrogen (secondary N) is 3. The Labute approximate surface area is 159 Å². The molecule has 0 bridgehead atoms. The lowest BCUT2D eigenvalue weighted by molar-refractivity contribution is -0.292. The summed E-state index contributed by atoms with van der Waals surface area (Å²) in [6, 6.07) is 1.18. The number of hydrogen-bond donors (Lipinski definition) is 5. The third-order valence-corrected chi connectivity index (χ3v) is 4.31. The molecule has 0 saturated carbocycles. The van der Waals surface area contributed by atoms with E-state index in [-0.39, 0.29) is 28.3 Å². The van der Waals surface area contributed by atoms with Gasteiger partial charge in [0.25, 0.3) is 0 Å². The van der Waals surface area contributed by atoms with Gasteiger partial charge in [-0.3, -0.25) is 15.5 Å². The van der Waals surface area contributed by atoms with Gasteiger partial charge in [-0.25, -0.2) is 0 Å². The fraction of sp³-hybridized carbons (Fsp3) is 0.400. The largest absolute Gasteiger partial charge is 0.420 e. The van der Waals surface area contributed by atoms with E-state index in [0.717, 1.165) is 11.1 Å². The molecule has 29 heavy (non-hydrogen) atoms. The smallest absolute Gasteiger partial charge is 0.396 e. The van der Waals surface area contributed by atoms with Crippen molar-refractivity contribution in [3.63, 3.8) is 0 Å². The molecule has 8 nitrogen and oxygen atoms in total. The van der Waals surface area contributed by atoms with Crippen LogP contribution in [0.3, 0.4) is 0 Å². The summed E-state index contributed by atoms with van der Waals surface area (Å²) in [5, 5.41) is 25.9. The van der Waals surface area contributed by atoms with E-state index < -0.39 is 43.4 Å². The maximum atomic E-state index is 12.8. The van der Waals surface area contributed by atoms with E-state index in [1.54, 1.807) is 0 Å². The third kappa shape index (κ3) is 4.06. The fourth-order valence-corrected chi connectivity index (χ4v) is 2.72. The second-order valence-electron chi connectivity index (χ2n) is 6.52. The zero-order chi connectivity index (χ0) is 21.6. The number of rotatable bonds is 4. The van der Waals surface area contributed by atoms with Crippen molar-refractivity contribution < 1.29 is 31.4 Å². The van der Waals surface area contributed by atoms with E-state index in [1.165, 1.54) is 12.3 Å². The van der Waals surface area contributed by atoms with E-state index in [9.17, 15) is 31.4 Å². The number of anilines is 2. The standard InChI is InChI=1S/C15H15F6N7O/c16-14(17,18)4-25-9-1-10(11-8(22)3-26-27-11)24-2-7(9)12(23)28-5-13(29,6-28)15(19,20)21/h1-3,23,29H,4-6,22H2,(H,24,25)(H,26,27). The van der Waals surface area contributed by atoms with Crippen LogP contribution in [0, 0.1) is 5.41 Å². The van der Waals surface area contributed by atoms with Crippen LogP contribution in [0.15, 0.2) is 18.5 Å². The molecule has 0 radical (unpaired) electrons. The van der Waals surface area contributed by atoms with Gasteiger partial charge in [-0.05, 0) is 6.07 Å². The summed E-state index contributed by atoms with van der Waals surface area (Å²) in [6.45, 7) is -3.27. The Balaban J connectivity index is 1.89. The average Bonchev–Trinajstić information content (AvgIpc) is 3.00. The van der Waals surface area contributed by atoms with E-state index in [4.69, 9.17) is 11.1 Å². The number of aromatic nitrogens is 3. The van der Waals surface area contributed by atoms with Crippen molar-refractivity contribution in [2.45, 2.75) is 18.0 Å². The predicted octanol–water partition coefficient (Wildman–Crippen LogP) is 1.96. The van der Waals surface area contributed by atoms with Crippen LogP contribution in [0.4, 0.5) is 37.7 Å². The zero-order valence-electron chi connectivity index (χ0n) is 14.5. The Hall–Kier alpha value is -3.03. The van der Waals surface area contributed by atoms with Crippen LogP contribution in [0.5, 0.6) is 0 Å². The minimum absolute atomic E-state index is 0.122. The van der Waals surface area contributed by atoms with E-state index in [0.29, 0.717) is 0 Å². The van der Waals surface area contributed by atoms with Crippen LogP contribution in [-0.4, -0.2) is 68.6 Å². The lowest BCUT2D eigenvalue weighted by Gasteiger charge is -2.48. The summed E-state index contributed by atoms with van der Waals surface area (Å²) in [7, 11) is 0. The molecule has 2 aromatic heterocycles. The summed E-state index contributed by atoms with van der Waals surface area (Å²) in [5.41, 5.74) is 2.90. The van der Waals surface area contributed by atoms with Gasteiger partial charge < -0.3 is 21.1 Å². The molecule has 0 aromatic carbocycles. The molecule has 0 amide bonds. The number of hydrogen-bond acceptors (Lipinski definition) is 6. The lowest BCUT2D eigenvalue weighted by atomic mass is 9.92. The maximum absolute atomic E-state index is 12.8. The Morgan fingerprint density at radius 3 is 2.45 bits per heavy atom. The Morgan fingerprint density at radius 2 is 1.93 bits per heavy atom. The summed E-state index contributed by atoms with van der Waals surface area (Å²) in [4.78, 5) is 4.89. The molecular formula is C15H15F6N7O. The first-order valence-corrected chi connectivity index (χ1v) is 8.03. The van der Waals surface area contributed by atoms with E-state index in [2.05, 4.69) is 20.5 Å². The topological polar surface area (TPSA) is 127 Å².